The number of thiazole rings is 1. The van der Waals surface area contributed by atoms with Crippen molar-refractivity contribution < 1.29 is 4.79 Å². The minimum atomic E-state index is 0.00385. The van der Waals surface area contributed by atoms with Crippen molar-refractivity contribution in [2.24, 2.45) is 0 Å². The van der Waals surface area contributed by atoms with E-state index in [1.54, 1.807) is 0 Å². The molecule has 4 nitrogen and oxygen atoms in total. The average Bonchev–Trinajstić information content (AvgIpc) is 2.77. The normalized spacial score (nSPS) is 10.7. The number of aromatic nitrogens is 1. The molecule has 0 aliphatic rings. The largest absolute Gasteiger partial charge is 0.399 e. The van der Waals surface area contributed by atoms with Gasteiger partial charge in [-0.05, 0) is 38.1 Å². The summed E-state index contributed by atoms with van der Waals surface area (Å²) in [5.74, 6) is 0.00385. The van der Waals surface area contributed by atoms with Crippen LogP contribution in [0.1, 0.15) is 19.5 Å². The molecule has 100 valence electrons. The number of rotatable bonds is 4. The zero-order chi connectivity index (χ0) is 13.8. The number of nitrogens with zero attached hydrogens (tertiary/aromatic N) is 1. The first-order chi connectivity index (χ1) is 9.04. The Balaban J connectivity index is 2.07. The van der Waals surface area contributed by atoms with E-state index in [-0.39, 0.29) is 11.9 Å². The molecule has 3 N–H and O–H groups in total. The first-order valence-electron chi connectivity index (χ1n) is 6.14. The molecule has 0 aliphatic heterocycles. The van der Waals surface area contributed by atoms with Crippen LogP contribution in [0.2, 0.25) is 0 Å². The Hall–Kier alpha value is -1.88. The van der Waals surface area contributed by atoms with E-state index in [2.05, 4.69) is 10.3 Å². The van der Waals surface area contributed by atoms with Gasteiger partial charge in [-0.2, -0.15) is 0 Å². The van der Waals surface area contributed by atoms with Crippen LogP contribution in [-0.2, 0) is 11.2 Å². The van der Waals surface area contributed by atoms with Crippen molar-refractivity contribution in [3.05, 3.63) is 35.3 Å². The van der Waals surface area contributed by atoms with Crippen LogP contribution < -0.4 is 11.1 Å². The number of nitrogens with two attached hydrogens (primary N) is 1. The lowest BCUT2D eigenvalue weighted by Gasteiger charge is -2.06. The van der Waals surface area contributed by atoms with Gasteiger partial charge in [-0.25, -0.2) is 4.98 Å². The van der Waals surface area contributed by atoms with E-state index in [0.717, 1.165) is 22.0 Å². The number of amides is 1. The summed E-state index contributed by atoms with van der Waals surface area (Å²) < 4.78 is 0. The molecule has 0 saturated carbocycles. The number of nitrogen functional groups attached to an aromatic ring is 1. The van der Waals surface area contributed by atoms with Crippen molar-refractivity contribution in [1.29, 1.82) is 0 Å². The fourth-order valence-corrected chi connectivity index (χ4v) is 2.51. The predicted molar refractivity (Wildman–Crippen MR) is 78.9 cm³/mol. The van der Waals surface area contributed by atoms with Crippen LogP contribution in [0.15, 0.2) is 29.6 Å². The first kappa shape index (κ1) is 13.5. The lowest BCUT2D eigenvalue weighted by Crippen LogP contribution is -2.31. The summed E-state index contributed by atoms with van der Waals surface area (Å²) in [5.41, 5.74) is 8.21. The summed E-state index contributed by atoms with van der Waals surface area (Å²) in [5, 5.41) is 5.69. The fourth-order valence-electron chi connectivity index (χ4n) is 1.68. The van der Waals surface area contributed by atoms with E-state index in [9.17, 15) is 4.79 Å². The van der Waals surface area contributed by atoms with Crippen LogP contribution >= 0.6 is 11.3 Å². The Kier molecular flexibility index (Phi) is 4.16. The highest BCUT2D eigenvalue weighted by atomic mass is 32.1. The molecule has 0 atom stereocenters. The standard InChI is InChI=1S/C14H17N3OS/c1-9(2)16-13(18)7-12-8-19-14(17-12)10-3-5-11(15)6-4-10/h3-6,8-9H,7,15H2,1-2H3,(H,16,18). The monoisotopic (exact) mass is 275 g/mol. The molecule has 1 amide bonds. The summed E-state index contributed by atoms with van der Waals surface area (Å²) in [4.78, 5) is 16.1. The molecule has 1 aromatic carbocycles. The van der Waals surface area contributed by atoms with Crippen molar-refractivity contribution in [3.63, 3.8) is 0 Å². The van der Waals surface area contributed by atoms with Gasteiger partial charge in [0.25, 0.3) is 0 Å². The molecule has 0 fully saturated rings. The zero-order valence-corrected chi connectivity index (χ0v) is 11.8. The van der Waals surface area contributed by atoms with Crippen molar-refractivity contribution in [2.75, 3.05) is 5.73 Å². The Labute approximate surface area is 116 Å². The molecule has 2 rings (SSSR count). The third kappa shape index (κ3) is 3.79. The van der Waals surface area contributed by atoms with Gasteiger partial charge in [0.15, 0.2) is 0 Å². The quantitative estimate of drug-likeness (QED) is 0.842. The van der Waals surface area contributed by atoms with Gasteiger partial charge < -0.3 is 11.1 Å². The van der Waals surface area contributed by atoms with Gasteiger partial charge in [0.1, 0.15) is 5.01 Å². The summed E-state index contributed by atoms with van der Waals surface area (Å²) in [6, 6.07) is 7.73. The van der Waals surface area contributed by atoms with E-state index in [1.807, 2.05) is 43.5 Å². The summed E-state index contributed by atoms with van der Waals surface area (Å²) in [6.45, 7) is 3.89. The average molecular weight is 275 g/mol. The first-order valence-corrected chi connectivity index (χ1v) is 7.02. The van der Waals surface area contributed by atoms with Gasteiger partial charge in [0.2, 0.25) is 5.91 Å². The molecule has 0 radical (unpaired) electrons. The molecule has 1 heterocycles. The van der Waals surface area contributed by atoms with Crippen LogP contribution in [0, 0.1) is 0 Å². The van der Waals surface area contributed by atoms with Crippen LogP contribution in [0.3, 0.4) is 0 Å². The Morgan fingerprint density at radius 2 is 2.05 bits per heavy atom. The van der Waals surface area contributed by atoms with Gasteiger partial charge in [0, 0.05) is 22.7 Å². The SMILES string of the molecule is CC(C)NC(=O)Cc1csc(-c2ccc(N)cc2)n1. The molecule has 0 spiro atoms. The Bertz CT molecular complexity index is 560. The van der Waals surface area contributed by atoms with Gasteiger partial charge in [-0.3, -0.25) is 4.79 Å². The topological polar surface area (TPSA) is 68.0 Å². The Morgan fingerprint density at radius 1 is 1.37 bits per heavy atom. The van der Waals surface area contributed by atoms with E-state index >= 15 is 0 Å². The van der Waals surface area contributed by atoms with E-state index in [1.165, 1.54) is 11.3 Å². The molecule has 0 aliphatic carbocycles. The third-order valence-corrected chi connectivity index (χ3v) is 3.44. The minimum absolute atomic E-state index is 0.00385. The highest BCUT2D eigenvalue weighted by molar-refractivity contribution is 7.13. The van der Waals surface area contributed by atoms with E-state index in [0.29, 0.717) is 6.42 Å². The number of hydrogen-bond acceptors (Lipinski definition) is 4. The van der Waals surface area contributed by atoms with Gasteiger partial charge in [0.05, 0.1) is 12.1 Å². The lowest BCUT2D eigenvalue weighted by atomic mass is 10.2. The van der Waals surface area contributed by atoms with Crippen molar-refractivity contribution in [2.45, 2.75) is 26.3 Å². The Morgan fingerprint density at radius 3 is 2.68 bits per heavy atom. The number of hydrogen-bond donors (Lipinski definition) is 2. The minimum Gasteiger partial charge on any atom is -0.399 e. The summed E-state index contributed by atoms with van der Waals surface area (Å²) in [7, 11) is 0. The van der Waals surface area contributed by atoms with Crippen molar-refractivity contribution in [1.82, 2.24) is 10.3 Å². The highest BCUT2D eigenvalue weighted by Crippen LogP contribution is 2.24. The third-order valence-electron chi connectivity index (χ3n) is 2.50. The van der Waals surface area contributed by atoms with Crippen molar-refractivity contribution >= 4 is 22.9 Å². The maximum absolute atomic E-state index is 11.7. The molecule has 0 unspecified atom stereocenters. The second kappa shape index (κ2) is 5.84. The van der Waals surface area contributed by atoms with Crippen molar-refractivity contribution in [3.8, 4) is 10.6 Å². The smallest absolute Gasteiger partial charge is 0.226 e. The maximum atomic E-state index is 11.7. The van der Waals surface area contributed by atoms with E-state index in [4.69, 9.17) is 5.73 Å². The zero-order valence-electron chi connectivity index (χ0n) is 11.0. The van der Waals surface area contributed by atoms with Gasteiger partial charge >= 0.3 is 0 Å². The van der Waals surface area contributed by atoms with Crippen LogP contribution in [0.4, 0.5) is 5.69 Å². The van der Waals surface area contributed by atoms with Crippen LogP contribution in [0.25, 0.3) is 10.6 Å². The molecule has 5 heteroatoms. The molecule has 1 aromatic heterocycles. The molecular formula is C14H17N3OS. The second-order valence-electron chi connectivity index (χ2n) is 4.66. The van der Waals surface area contributed by atoms with Crippen LogP contribution in [0.5, 0.6) is 0 Å². The maximum Gasteiger partial charge on any atom is 0.226 e. The molecule has 0 saturated heterocycles. The van der Waals surface area contributed by atoms with Crippen LogP contribution in [-0.4, -0.2) is 16.9 Å². The number of benzene rings is 1. The molecular weight excluding hydrogens is 258 g/mol. The fraction of sp³-hybridized carbons (Fsp3) is 0.286. The predicted octanol–water partition coefficient (Wildman–Crippen LogP) is 2.46. The lowest BCUT2D eigenvalue weighted by molar-refractivity contribution is -0.120. The number of carbonyl (C=O) groups is 1. The molecule has 0 bridgehead atoms. The van der Waals surface area contributed by atoms with E-state index < -0.39 is 0 Å². The summed E-state index contributed by atoms with van der Waals surface area (Å²) in [6.07, 6.45) is 0.323. The second-order valence-corrected chi connectivity index (χ2v) is 5.52. The number of anilines is 1. The number of nitrogens with one attached hydrogen (secondary N) is 1. The molecule has 2 aromatic rings. The summed E-state index contributed by atoms with van der Waals surface area (Å²) >= 11 is 1.54. The van der Waals surface area contributed by atoms with Gasteiger partial charge in [-0.1, -0.05) is 0 Å². The highest BCUT2D eigenvalue weighted by Gasteiger charge is 2.09. The number of carbonyl (C=O) groups excluding carboxylic acids is 1. The molecule has 19 heavy (non-hydrogen) atoms. The van der Waals surface area contributed by atoms with Gasteiger partial charge in [-0.15, -0.1) is 11.3 Å².